The van der Waals surface area contributed by atoms with Crippen molar-refractivity contribution < 1.29 is 19.4 Å². The summed E-state index contributed by atoms with van der Waals surface area (Å²) in [5.74, 6) is -0.464. The minimum Gasteiger partial charge on any atom is -0.503 e. The van der Waals surface area contributed by atoms with Crippen LogP contribution in [0.3, 0.4) is 0 Å². The van der Waals surface area contributed by atoms with Crippen molar-refractivity contribution in [3.63, 3.8) is 0 Å². The molecule has 0 unspecified atom stereocenters. The first kappa shape index (κ1) is 14.9. The molecule has 21 heavy (non-hydrogen) atoms. The molecule has 1 saturated heterocycles. The van der Waals surface area contributed by atoms with E-state index in [1.807, 2.05) is 0 Å². The Balaban J connectivity index is 2.37. The summed E-state index contributed by atoms with van der Waals surface area (Å²) in [7, 11) is 1.39. The van der Waals surface area contributed by atoms with Crippen molar-refractivity contribution in [1.82, 2.24) is 10.2 Å². The average molecular weight is 309 g/mol. The van der Waals surface area contributed by atoms with Crippen LogP contribution < -0.4 is 10.1 Å². The molecule has 1 heterocycles. The quantitative estimate of drug-likeness (QED) is 0.507. The van der Waals surface area contributed by atoms with Crippen LogP contribution >= 0.6 is 11.6 Å². The van der Waals surface area contributed by atoms with Crippen LogP contribution in [0.15, 0.2) is 30.5 Å². The Labute approximate surface area is 126 Å². The van der Waals surface area contributed by atoms with E-state index < -0.39 is 11.9 Å². The van der Waals surface area contributed by atoms with E-state index in [4.69, 9.17) is 16.3 Å². The van der Waals surface area contributed by atoms with Gasteiger partial charge in [-0.1, -0.05) is 17.7 Å². The van der Waals surface area contributed by atoms with E-state index in [-0.39, 0.29) is 28.8 Å². The molecule has 1 aliphatic heterocycles. The lowest BCUT2D eigenvalue weighted by Gasteiger charge is -2.07. The maximum absolute atomic E-state index is 12.0. The Hall–Kier alpha value is -2.47. The van der Waals surface area contributed by atoms with Crippen LogP contribution in [0, 0.1) is 0 Å². The number of nitrogens with zero attached hydrogens (tertiary/aromatic N) is 1. The Morgan fingerprint density at radius 3 is 2.81 bits per heavy atom. The molecule has 2 N–H and O–H groups in total. The summed E-state index contributed by atoms with van der Waals surface area (Å²) in [5, 5.41) is 12.2. The summed E-state index contributed by atoms with van der Waals surface area (Å²) in [5.41, 5.74) is 0.629. The highest BCUT2D eigenvalue weighted by atomic mass is 35.5. The first-order valence-electron chi connectivity index (χ1n) is 6.00. The van der Waals surface area contributed by atoms with Gasteiger partial charge in [0.15, 0.2) is 11.5 Å². The zero-order valence-electron chi connectivity index (χ0n) is 11.2. The minimum absolute atomic E-state index is 0.0842. The van der Waals surface area contributed by atoms with Crippen LogP contribution in [0.25, 0.3) is 6.08 Å². The molecule has 3 amide bonds. The van der Waals surface area contributed by atoms with E-state index in [1.165, 1.54) is 31.4 Å². The Morgan fingerprint density at radius 2 is 2.19 bits per heavy atom. The number of hydrogen-bond donors (Lipinski definition) is 2. The number of benzene rings is 1. The van der Waals surface area contributed by atoms with E-state index in [0.29, 0.717) is 5.56 Å². The average Bonchev–Trinajstić information content (AvgIpc) is 2.70. The van der Waals surface area contributed by atoms with Crippen LogP contribution in [0.4, 0.5) is 4.79 Å². The second-order valence-corrected chi connectivity index (χ2v) is 4.65. The number of imide groups is 1. The molecule has 0 spiro atoms. The van der Waals surface area contributed by atoms with Crippen LogP contribution in [0.2, 0.25) is 5.02 Å². The van der Waals surface area contributed by atoms with Crippen LogP contribution in [-0.4, -0.2) is 35.6 Å². The molecule has 0 aromatic heterocycles. The number of phenols is 1. The topological polar surface area (TPSA) is 78.9 Å². The molecule has 1 fully saturated rings. The van der Waals surface area contributed by atoms with Crippen molar-refractivity contribution in [1.29, 1.82) is 0 Å². The molecule has 1 aliphatic rings. The van der Waals surface area contributed by atoms with Crippen molar-refractivity contribution in [3.05, 3.63) is 41.1 Å². The summed E-state index contributed by atoms with van der Waals surface area (Å²) in [6, 6.07) is 2.45. The Kier molecular flexibility index (Phi) is 4.18. The zero-order chi connectivity index (χ0) is 15.6. The van der Waals surface area contributed by atoms with E-state index in [1.54, 1.807) is 0 Å². The van der Waals surface area contributed by atoms with Gasteiger partial charge >= 0.3 is 6.03 Å². The van der Waals surface area contributed by atoms with Crippen molar-refractivity contribution in [2.75, 3.05) is 13.7 Å². The van der Waals surface area contributed by atoms with Gasteiger partial charge in [-0.15, -0.1) is 6.58 Å². The molecular formula is C14H13ClN2O4. The van der Waals surface area contributed by atoms with Gasteiger partial charge in [0.1, 0.15) is 5.70 Å². The van der Waals surface area contributed by atoms with Gasteiger partial charge in [-0.3, -0.25) is 9.69 Å². The minimum atomic E-state index is -0.511. The van der Waals surface area contributed by atoms with E-state index >= 15 is 0 Å². The molecule has 0 bridgehead atoms. The monoisotopic (exact) mass is 308 g/mol. The lowest BCUT2D eigenvalue weighted by molar-refractivity contribution is -0.122. The summed E-state index contributed by atoms with van der Waals surface area (Å²) in [6.45, 7) is 3.62. The lowest BCUT2D eigenvalue weighted by Crippen LogP contribution is -2.30. The third-order valence-corrected chi connectivity index (χ3v) is 3.14. The van der Waals surface area contributed by atoms with Gasteiger partial charge in [0.25, 0.3) is 5.91 Å². The largest absolute Gasteiger partial charge is 0.503 e. The highest BCUT2D eigenvalue weighted by Gasteiger charge is 2.32. The van der Waals surface area contributed by atoms with Crippen LogP contribution in [0.5, 0.6) is 11.5 Å². The molecule has 7 heteroatoms. The number of amides is 3. The Bertz CT molecular complexity index is 655. The number of nitrogens with one attached hydrogen (secondary N) is 1. The molecule has 0 saturated carbocycles. The Morgan fingerprint density at radius 1 is 1.48 bits per heavy atom. The summed E-state index contributed by atoms with van der Waals surface area (Å²) < 4.78 is 4.98. The van der Waals surface area contributed by atoms with Crippen molar-refractivity contribution in [2.45, 2.75) is 0 Å². The third kappa shape index (κ3) is 2.85. The van der Waals surface area contributed by atoms with Gasteiger partial charge < -0.3 is 15.2 Å². The highest BCUT2D eigenvalue weighted by Crippen LogP contribution is 2.35. The molecule has 0 aliphatic carbocycles. The number of phenolic OH excluding ortho intramolecular Hbond substituents is 1. The third-order valence-electron chi connectivity index (χ3n) is 2.86. The van der Waals surface area contributed by atoms with E-state index in [9.17, 15) is 14.7 Å². The fourth-order valence-corrected chi connectivity index (χ4v) is 2.09. The predicted octanol–water partition coefficient (Wildman–Crippen LogP) is 2.13. The number of hydrogen-bond acceptors (Lipinski definition) is 4. The highest BCUT2D eigenvalue weighted by molar-refractivity contribution is 6.32. The van der Waals surface area contributed by atoms with Crippen molar-refractivity contribution in [3.8, 4) is 11.5 Å². The second kappa shape index (κ2) is 5.88. The van der Waals surface area contributed by atoms with Gasteiger partial charge in [0.05, 0.1) is 12.1 Å². The first-order chi connectivity index (χ1) is 9.97. The van der Waals surface area contributed by atoms with Crippen molar-refractivity contribution >= 4 is 29.6 Å². The zero-order valence-corrected chi connectivity index (χ0v) is 12.0. The van der Waals surface area contributed by atoms with Gasteiger partial charge in [0, 0.05) is 6.54 Å². The summed E-state index contributed by atoms with van der Waals surface area (Å²) in [4.78, 5) is 24.7. The number of rotatable bonds is 4. The molecule has 110 valence electrons. The molecule has 1 aromatic carbocycles. The smallest absolute Gasteiger partial charge is 0.329 e. The van der Waals surface area contributed by atoms with E-state index in [2.05, 4.69) is 11.9 Å². The standard InChI is InChI=1S/C14H13ClN2O4/c1-3-4-17-13(19)10(16-14(17)20)6-8-5-9(15)12(18)11(7-8)21-2/h3,5-7,18H,1,4H2,2H3,(H,16,20)/b10-6-. The molecule has 0 radical (unpaired) electrons. The van der Waals surface area contributed by atoms with E-state index in [0.717, 1.165) is 4.90 Å². The molecule has 1 aromatic rings. The number of aromatic hydroxyl groups is 1. The number of carbonyl (C=O) groups excluding carboxylic acids is 2. The number of halogens is 1. The summed E-state index contributed by atoms with van der Waals surface area (Å²) >= 11 is 5.87. The molecule has 0 atom stereocenters. The molecule has 2 rings (SSSR count). The lowest BCUT2D eigenvalue weighted by atomic mass is 10.1. The molecular weight excluding hydrogens is 296 g/mol. The molecule has 6 nitrogen and oxygen atoms in total. The van der Waals surface area contributed by atoms with Gasteiger partial charge in [-0.05, 0) is 23.8 Å². The van der Waals surface area contributed by atoms with Gasteiger partial charge in [-0.25, -0.2) is 4.79 Å². The maximum Gasteiger partial charge on any atom is 0.329 e. The summed E-state index contributed by atoms with van der Waals surface area (Å²) in [6.07, 6.45) is 2.91. The number of carbonyl (C=O) groups is 2. The van der Waals surface area contributed by atoms with Crippen LogP contribution in [0.1, 0.15) is 5.56 Å². The predicted molar refractivity (Wildman–Crippen MR) is 78.1 cm³/mol. The van der Waals surface area contributed by atoms with Crippen LogP contribution in [-0.2, 0) is 4.79 Å². The number of methoxy groups -OCH3 is 1. The number of urea groups is 1. The second-order valence-electron chi connectivity index (χ2n) is 4.25. The SMILES string of the molecule is C=CCN1C(=O)N/C(=C\c2cc(Cl)c(O)c(OC)c2)C1=O. The fraction of sp³-hybridized carbons (Fsp3) is 0.143. The fourth-order valence-electron chi connectivity index (χ4n) is 1.87. The number of ether oxygens (including phenoxy) is 1. The maximum atomic E-state index is 12.0. The van der Waals surface area contributed by atoms with Crippen molar-refractivity contribution in [2.24, 2.45) is 0 Å². The first-order valence-corrected chi connectivity index (χ1v) is 6.37. The van der Waals surface area contributed by atoms with Gasteiger partial charge in [0.2, 0.25) is 0 Å². The van der Waals surface area contributed by atoms with Gasteiger partial charge in [-0.2, -0.15) is 0 Å². The normalized spacial score (nSPS) is 16.3.